The molecule has 0 aromatic rings. The fraction of sp³-hybridized carbons (Fsp3) is 1.00. The third-order valence-electron chi connectivity index (χ3n) is 23.8. The summed E-state index contributed by atoms with van der Waals surface area (Å²) < 4.78 is 153. The molecule has 0 aromatic carbocycles. The zero-order valence-electron chi connectivity index (χ0n) is 72.7. The summed E-state index contributed by atoms with van der Waals surface area (Å²) in [6.07, 6.45) is 42.2. The van der Waals surface area contributed by atoms with Gasteiger partial charge >= 0.3 is 7.82 Å². The van der Waals surface area contributed by atoms with Crippen LogP contribution in [-0.2, 0) is 91.0 Å². The van der Waals surface area contributed by atoms with Crippen molar-refractivity contribution in [1.29, 1.82) is 0 Å². The molecular weight excluding hydrogens is 1530 g/mol. The third kappa shape index (κ3) is 33.8. The molecule has 1 fully saturated rings. The van der Waals surface area contributed by atoms with Crippen LogP contribution in [0.2, 0.25) is 0 Å². The van der Waals surface area contributed by atoms with E-state index in [1.165, 1.54) is 0 Å². The van der Waals surface area contributed by atoms with Gasteiger partial charge in [-0.25, -0.2) is 4.57 Å². The van der Waals surface area contributed by atoms with Crippen LogP contribution in [0.4, 0.5) is 0 Å². The van der Waals surface area contributed by atoms with Gasteiger partial charge < -0.3 is 19.8 Å². The summed E-state index contributed by atoms with van der Waals surface area (Å²) >= 11 is 0. The van der Waals surface area contributed by atoms with Gasteiger partial charge in [-0.15, -0.1) is 0 Å². The highest BCUT2D eigenvalue weighted by molar-refractivity contribution is 8.17. The molecule has 0 aromatic heterocycles. The molecule has 18 unspecified atom stereocenters. The van der Waals surface area contributed by atoms with E-state index in [4.69, 9.17) is 19.2 Å². The zero-order chi connectivity index (χ0) is 81.6. The molecule has 0 aliphatic heterocycles. The number of hydrogen-bond donors (Lipinski definition) is 4. The fourth-order valence-electron chi connectivity index (χ4n) is 17.0. The van der Waals surface area contributed by atoms with E-state index in [0.717, 1.165) is 212 Å². The maximum absolute atomic E-state index is 19.6. The van der Waals surface area contributed by atoms with Gasteiger partial charge in [0.2, 0.25) is 0 Å². The van der Waals surface area contributed by atoms with Crippen molar-refractivity contribution in [2.45, 2.75) is 541 Å². The maximum atomic E-state index is 19.6. The third-order valence-corrected chi connectivity index (χ3v) is 47.2. The molecule has 0 spiro atoms. The van der Waals surface area contributed by atoms with Crippen LogP contribution < -0.4 is 0 Å². The standard InChI is InChI=1S/C86H172O9S8.H3O4P/c1-17-33-41-49-57-65-74(25-9)96(88)82-73-83(87,97(89)75(26-10)66-58-50-42-34-18-2)85(100(92)78(29-13)69-61-53-45-37-21-5,101(93)79(30-14)70-62-54-46-38-22-6)86(102(94)80(31-15)71-63-55-47-39-23-7,103(95)81(32-16)72-64-56-48-40-24-8)84(82,98(90)76(27-11)67-59-51-43-35-19-3)99(91)77(28-12)68-60-52-44-36-20-4;1-5(2,3)4/h74-82,87H,17-73H2,1-16H3;(H3,1,2,3,4). The Morgan fingerprint density at radius 1 is 0.259 bits per heavy atom. The minimum atomic E-state index is -4.64. The van der Waals surface area contributed by atoms with Crippen LogP contribution >= 0.6 is 7.82 Å². The first-order chi connectivity index (χ1) is 51.8. The van der Waals surface area contributed by atoms with Crippen molar-refractivity contribution in [3.8, 4) is 0 Å². The predicted molar refractivity (Wildman–Crippen MR) is 481 cm³/mol. The van der Waals surface area contributed by atoms with E-state index in [-0.39, 0.29) is 0 Å². The van der Waals surface area contributed by atoms with E-state index < -0.39 is 165 Å². The van der Waals surface area contributed by atoms with E-state index in [0.29, 0.717) is 148 Å². The van der Waals surface area contributed by atoms with E-state index in [9.17, 15) is 0 Å². The quantitative estimate of drug-likeness (QED) is 0.0328. The highest BCUT2D eigenvalue weighted by Gasteiger charge is 2.92. The average molecular weight is 1700 g/mol. The molecule has 650 valence electrons. The average Bonchev–Trinajstić information content (AvgIpc) is 0.635. The molecule has 1 rings (SSSR count). The Kier molecular flexibility index (Phi) is 65.0. The van der Waals surface area contributed by atoms with Crippen LogP contribution in [0.1, 0.15) is 477 Å². The molecule has 1 aliphatic rings. The minimum Gasteiger partial charge on any atom is -0.374 e. The van der Waals surface area contributed by atoms with Crippen LogP contribution in [0.25, 0.3) is 0 Å². The van der Waals surface area contributed by atoms with Crippen molar-refractivity contribution in [1.82, 2.24) is 0 Å². The van der Waals surface area contributed by atoms with E-state index >= 15 is 38.8 Å². The summed E-state index contributed by atoms with van der Waals surface area (Å²) in [4.78, 5) is 18.7. The Morgan fingerprint density at radius 3 is 0.620 bits per heavy atom. The van der Waals surface area contributed by atoms with E-state index in [1.807, 2.05) is 34.6 Å². The Bertz CT molecular complexity index is 2390. The topological polar surface area (TPSA) is 235 Å². The predicted octanol–water partition coefficient (Wildman–Crippen LogP) is 24.7. The second-order valence-electron chi connectivity index (χ2n) is 32.2. The van der Waals surface area contributed by atoms with Gasteiger partial charge in [0.15, 0.2) is 17.2 Å². The molecule has 0 amide bonds. The number of hydrogen-bond acceptors (Lipinski definition) is 10. The molecule has 4 N–H and O–H groups in total. The Balaban J connectivity index is 0.0000221. The van der Waals surface area contributed by atoms with Gasteiger partial charge in [-0.3, -0.25) is 33.7 Å². The molecular formula is C86H175O13PS8. The normalized spacial score (nSPS) is 23.7. The second kappa shape index (κ2) is 64.2. The van der Waals surface area contributed by atoms with Gasteiger partial charge in [0.1, 0.15) is 0 Å². The van der Waals surface area contributed by atoms with Crippen LogP contribution in [0.3, 0.4) is 0 Å². The van der Waals surface area contributed by atoms with Gasteiger partial charge in [-0.05, 0) is 103 Å². The van der Waals surface area contributed by atoms with Crippen LogP contribution in [0.15, 0.2) is 0 Å². The Labute approximate surface area is 687 Å². The zero-order valence-corrected chi connectivity index (χ0v) is 80.1. The summed E-state index contributed by atoms with van der Waals surface area (Å²) in [5.41, 5.74) is 0. The number of aliphatic hydroxyl groups is 1. The lowest BCUT2D eigenvalue weighted by molar-refractivity contribution is 0.0740. The van der Waals surface area contributed by atoms with Crippen LogP contribution in [0, 0.1) is 0 Å². The highest BCUT2D eigenvalue weighted by Crippen LogP contribution is 2.68. The fourth-order valence-corrected chi connectivity index (χ4v) is 44.0. The maximum Gasteiger partial charge on any atom is 0.466 e. The molecule has 22 heteroatoms. The Hall–Kier alpha value is 1.27. The first-order valence-electron chi connectivity index (χ1n) is 45.5. The number of phosphoric acid groups is 1. The summed E-state index contributed by atoms with van der Waals surface area (Å²) in [6.45, 7) is 33.9. The minimum absolute atomic E-state index is 0.296. The van der Waals surface area contributed by atoms with Crippen LogP contribution in [0.5, 0.6) is 0 Å². The molecule has 18 atom stereocenters. The largest absolute Gasteiger partial charge is 0.466 e. The van der Waals surface area contributed by atoms with Gasteiger partial charge in [0.25, 0.3) is 0 Å². The SMILES string of the molecule is CCCCCCCC(CC)S(=O)C1CC(O)(S(=O)C(CC)CCCCCCC)C(S(=O)C(CC)CCCCCCC)(S(=O)C(CC)CCCCCCC)C(S(=O)C(CC)CCCCCCC)(S(=O)C(CC)CCCCCCC)C1(S(=O)C(CC)CCCCCCC)S(=O)C(CC)CCCCCCC.O=P(O)(O)O. The first kappa shape index (κ1) is 109. The van der Waals surface area contributed by atoms with Crippen LogP contribution in [-0.4, -0.2) is 118 Å². The highest BCUT2D eigenvalue weighted by atomic mass is 32.3. The van der Waals surface area contributed by atoms with Gasteiger partial charge in [0.05, 0.1) is 16.0 Å². The van der Waals surface area contributed by atoms with Crippen molar-refractivity contribution < 1.29 is 58.0 Å². The Morgan fingerprint density at radius 2 is 0.426 bits per heavy atom. The number of rotatable bonds is 72. The van der Waals surface area contributed by atoms with E-state index in [2.05, 4.69) is 76.2 Å². The second-order valence-corrected chi connectivity index (χ2v) is 49.1. The summed E-state index contributed by atoms with van der Waals surface area (Å²) in [6, 6.07) is 0. The molecule has 0 bridgehead atoms. The molecule has 108 heavy (non-hydrogen) atoms. The molecule has 0 heterocycles. The van der Waals surface area contributed by atoms with Crippen molar-refractivity contribution in [3.05, 3.63) is 0 Å². The van der Waals surface area contributed by atoms with Gasteiger partial charge in [0, 0.05) is 124 Å². The number of unbranched alkanes of at least 4 members (excludes halogenated alkanes) is 32. The lowest BCUT2D eigenvalue weighted by Crippen LogP contribution is -2.92. The summed E-state index contributed by atoms with van der Waals surface area (Å²) in [5.74, 6) is 0. The van der Waals surface area contributed by atoms with Crippen molar-refractivity contribution in [2.75, 3.05) is 0 Å². The van der Waals surface area contributed by atoms with Gasteiger partial charge in [-0.2, -0.15) is 0 Å². The molecule has 0 radical (unpaired) electrons. The van der Waals surface area contributed by atoms with Crippen molar-refractivity contribution in [2.24, 2.45) is 0 Å². The lowest BCUT2D eigenvalue weighted by atomic mass is 9.92. The lowest BCUT2D eigenvalue weighted by Gasteiger charge is -2.68. The molecule has 13 nitrogen and oxygen atoms in total. The first-order valence-corrected chi connectivity index (χ1v) is 56.9. The van der Waals surface area contributed by atoms with E-state index in [1.54, 1.807) is 0 Å². The van der Waals surface area contributed by atoms with Crippen molar-refractivity contribution >= 4 is 94.2 Å². The summed E-state index contributed by atoms with van der Waals surface area (Å²) in [7, 11) is -24.9. The molecule has 0 saturated heterocycles. The van der Waals surface area contributed by atoms with Crippen molar-refractivity contribution in [3.63, 3.8) is 0 Å². The summed E-state index contributed by atoms with van der Waals surface area (Å²) in [5, 5.41) is 8.71. The molecule has 1 saturated carbocycles. The smallest absolute Gasteiger partial charge is 0.374 e. The van der Waals surface area contributed by atoms with Gasteiger partial charge in [-0.1, -0.05) is 368 Å². The molecule has 1 aliphatic carbocycles. The monoisotopic (exact) mass is 1700 g/mol.